The van der Waals surface area contributed by atoms with Crippen LogP contribution in [0.15, 0.2) is 24.3 Å². The Kier molecular flexibility index (Phi) is 4.48. The maximum absolute atomic E-state index is 11.3. The van der Waals surface area contributed by atoms with Crippen molar-refractivity contribution in [2.75, 3.05) is 14.2 Å². The second-order valence-electron chi connectivity index (χ2n) is 5.01. The van der Waals surface area contributed by atoms with Crippen LogP contribution in [-0.4, -0.2) is 25.6 Å². The van der Waals surface area contributed by atoms with E-state index >= 15 is 0 Å². The van der Waals surface area contributed by atoms with Crippen LogP contribution in [0.2, 0.25) is 0 Å². The smallest absolute Gasteiger partial charge is 0.142 e. The van der Waals surface area contributed by atoms with Gasteiger partial charge in [0.05, 0.1) is 7.11 Å². The first-order valence-corrected chi connectivity index (χ1v) is 6.83. The predicted molar refractivity (Wildman–Crippen MR) is 74.7 cm³/mol. The molecule has 3 nitrogen and oxygen atoms in total. The van der Waals surface area contributed by atoms with Gasteiger partial charge in [0, 0.05) is 19.4 Å². The van der Waals surface area contributed by atoms with E-state index in [9.17, 15) is 4.79 Å². The normalized spacial score (nSPS) is 30.9. The maximum Gasteiger partial charge on any atom is 0.142 e. The molecule has 4 heteroatoms. The molecule has 0 bridgehead atoms. The summed E-state index contributed by atoms with van der Waals surface area (Å²) in [7, 11) is 3.24. The van der Waals surface area contributed by atoms with Crippen molar-refractivity contribution in [3.05, 3.63) is 29.8 Å². The van der Waals surface area contributed by atoms with E-state index in [1.54, 1.807) is 14.2 Å². The lowest BCUT2D eigenvalue weighted by molar-refractivity contribution is -0.115. The Bertz CT molecular complexity index is 432. The fourth-order valence-electron chi connectivity index (χ4n) is 2.77. The number of ether oxygens (including phenoxy) is 2. The van der Waals surface area contributed by atoms with Gasteiger partial charge in [0.15, 0.2) is 0 Å². The molecule has 104 valence electrons. The highest BCUT2D eigenvalue weighted by Crippen LogP contribution is 2.45. The van der Waals surface area contributed by atoms with Gasteiger partial charge in [-0.15, -0.1) is 0 Å². The molecule has 0 N–H and O–H groups in total. The quantitative estimate of drug-likeness (QED) is 0.627. The number of carbonyl (C=O) groups excluding carboxylic acids is 1. The van der Waals surface area contributed by atoms with Crippen molar-refractivity contribution in [3.63, 3.8) is 0 Å². The van der Waals surface area contributed by atoms with Crippen molar-refractivity contribution in [2.45, 2.75) is 30.2 Å². The molecule has 0 amide bonds. The summed E-state index contributed by atoms with van der Waals surface area (Å²) in [5.41, 5.74) is 1.16. The molecule has 1 saturated carbocycles. The Morgan fingerprint density at radius 3 is 2.53 bits per heavy atom. The molecule has 1 fully saturated rings. The van der Waals surface area contributed by atoms with Gasteiger partial charge in [-0.25, -0.2) is 0 Å². The van der Waals surface area contributed by atoms with Crippen molar-refractivity contribution in [3.8, 4) is 5.75 Å². The molecule has 1 aliphatic carbocycles. The second kappa shape index (κ2) is 5.93. The lowest BCUT2D eigenvalue weighted by Crippen LogP contribution is -2.36. The SMILES string of the molecule is COc1ccc(C2CCC(Cl)(OC)CC2C=O)cc1. The number of hydrogen-bond acceptors (Lipinski definition) is 3. The van der Waals surface area contributed by atoms with Crippen LogP contribution < -0.4 is 4.74 Å². The van der Waals surface area contributed by atoms with Crippen LogP contribution in [0, 0.1) is 5.92 Å². The average Bonchev–Trinajstić information content (AvgIpc) is 2.47. The first-order valence-electron chi connectivity index (χ1n) is 6.45. The number of aldehydes is 1. The van der Waals surface area contributed by atoms with Crippen LogP contribution in [-0.2, 0) is 9.53 Å². The fourth-order valence-corrected chi connectivity index (χ4v) is 3.06. The Morgan fingerprint density at radius 2 is 2.00 bits per heavy atom. The largest absolute Gasteiger partial charge is 0.497 e. The van der Waals surface area contributed by atoms with Gasteiger partial charge in [0.2, 0.25) is 0 Å². The van der Waals surface area contributed by atoms with Gasteiger partial charge in [0.1, 0.15) is 17.1 Å². The summed E-state index contributed by atoms with van der Waals surface area (Å²) in [6, 6.07) is 7.90. The molecule has 0 radical (unpaired) electrons. The van der Waals surface area contributed by atoms with Gasteiger partial charge >= 0.3 is 0 Å². The average molecular weight is 283 g/mol. The number of hydrogen-bond donors (Lipinski definition) is 0. The third kappa shape index (κ3) is 3.10. The fraction of sp³-hybridized carbons (Fsp3) is 0.533. The Labute approximate surface area is 118 Å². The van der Waals surface area contributed by atoms with Crippen molar-refractivity contribution in [1.82, 2.24) is 0 Å². The van der Waals surface area contributed by atoms with Crippen LogP contribution in [0.1, 0.15) is 30.7 Å². The highest BCUT2D eigenvalue weighted by Gasteiger charge is 2.40. The zero-order valence-electron chi connectivity index (χ0n) is 11.3. The lowest BCUT2D eigenvalue weighted by atomic mass is 9.75. The molecule has 0 aliphatic heterocycles. The van der Waals surface area contributed by atoms with Crippen LogP contribution in [0.25, 0.3) is 0 Å². The van der Waals surface area contributed by atoms with E-state index in [1.165, 1.54) is 0 Å². The standard InChI is InChI=1S/C15H19ClO3/c1-18-13-5-3-11(4-6-13)14-7-8-15(16,19-2)9-12(14)10-17/h3-6,10,12,14H,7-9H2,1-2H3. The number of carbonyl (C=O) groups is 1. The first-order chi connectivity index (χ1) is 9.11. The maximum atomic E-state index is 11.3. The van der Waals surface area contributed by atoms with E-state index in [2.05, 4.69) is 0 Å². The van der Waals surface area contributed by atoms with E-state index in [-0.39, 0.29) is 11.8 Å². The van der Waals surface area contributed by atoms with Gasteiger partial charge in [-0.1, -0.05) is 23.7 Å². The Balaban J connectivity index is 2.17. The molecule has 2 rings (SSSR count). The topological polar surface area (TPSA) is 35.5 Å². The number of rotatable bonds is 4. The van der Waals surface area contributed by atoms with Crippen molar-refractivity contribution >= 4 is 17.9 Å². The first kappa shape index (κ1) is 14.4. The number of halogens is 1. The van der Waals surface area contributed by atoms with Crippen LogP contribution in [0.5, 0.6) is 5.75 Å². The summed E-state index contributed by atoms with van der Waals surface area (Å²) >= 11 is 6.33. The number of methoxy groups -OCH3 is 2. The summed E-state index contributed by atoms with van der Waals surface area (Å²) in [4.78, 5) is 11.3. The summed E-state index contributed by atoms with van der Waals surface area (Å²) in [5, 5.41) is -0.686. The lowest BCUT2D eigenvalue weighted by Gasteiger charge is -2.38. The van der Waals surface area contributed by atoms with Gasteiger partial charge in [-0.05, 0) is 36.5 Å². The van der Waals surface area contributed by atoms with Crippen molar-refractivity contribution < 1.29 is 14.3 Å². The third-order valence-corrected chi connectivity index (χ3v) is 4.47. The van der Waals surface area contributed by atoms with E-state index in [0.717, 1.165) is 30.4 Å². The number of benzene rings is 1. The Hall–Kier alpha value is -1.06. The molecular weight excluding hydrogens is 264 g/mol. The molecule has 0 spiro atoms. The minimum atomic E-state index is -0.686. The second-order valence-corrected chi connectivity index (χ2v) is 5.70. The summed E-state index contributed by atoms with van der Waals surface area (Å²) in [6.07, 6.45) is 3.18. The van der Waals surface area contributed by atoms with Gasteiger partial charge in [-0.3, -0.25) is 0 Å². The minimum absolute atomic E-state index is 0.0976. The van der Waals surface area contributed by atoms with E-state index in [1.807, 2.05) is 24.3 Å². The van der Waals surface area contributed by atoms with Crippen LogP contribution in [0.4, 0.5) is 0 Å². The third-order valence-electron chi connectivity index (χ3n) is 3.97. The highest BCUT2D eigenvalue weighted by molar-refractivity contribution is 6.23. The van der Waals surface area contributed by atoms with Crippen molar-refractivity contribution in [2.24, 2.45) is 5.92 Å². The summed E-state index contributed by atoms with van der Waals surface area (Å²) in [6.45, 7) is 0. The number of alkyl halides is 1. The molecular formula is C15H19ClO3. The molecule has 19 heavy (non-hydrogen) atoms. The summed E-state index contributed by atoms with van der Waals surface area (Å²) < 4.78 is 10.5. The Morgan fingerprint density at radius 1 is 1.32 bits per heavy atom. The predicted octanol–water partition coefficient (Wildman–Crippen LogP) is 3.36. The zero-order chi connectivity index (χ0) is 13.9. The molecule has 0 heterocycles. The van der Waals surface area contributed by atoms with Crippen LogP contribution in [0.3, 0.4) is 0 Å². The van der Waals surface area contributed by atoms with Crippen molar-refractivity contribution in [1.29, 1.82) is 0 Å². The minimum Gasteiger partial charge on any atom is -0.497 e. The molecule has 3 unspecified atom stereocenters. The van der Waals surface area contributed by atoms with Gasteiger partial charge in [-0.2, -0.15) is 0 Å². The van der Waals surface area contributed by atoms with E-state index in [4.69, 9.17) is 21.1 Å². The van der Waals surface area contributed by atoms with Gasteiger partial charge < -0.3 is 14.3 Å². The molecule has 0 aromatic heterocycles. The molecule has 1 aromatic carbocycles. The molecule has 3 atom stereocenters. The highest BCUT2D eigenvalue weighted by atomic mass is 35.5. The summed E-state index contributed by atoms with van der Waals surface area (Å²) in [5.74, 6) is 0.941. The van der Waals surface area contributed by atoms with E-state index in [0.29, 0.717) is 6.42 Å². The van der Waals surface area contributed by atoms with Gasteiger partial charge in [0.25, 0.3) is 0 Å². The van der Waals surface area contributed by atoms with E-state index < -0.39 is 5.06 Å². The zero-order valence-corrected chi connectivity index (χ0v) is 12.0. The molecule has 1 aromatic rings. The molecule has 1 aliphatic rings. The monoisotopic (exact) mass is 282 g/mol. The molecule has 0 saturated heterocycles. The van der Waals surface area contributed by atoms with Crippen LogP contribution >= 0.6 is 11.6 Å².